The van der Waals surface area contributed by atoms with Crippen LogP contribution in [0, 0.1) is 5.41 Å². The van der Waals surface area contributed by atoms with Crippen molar-refractivity contribution in [3.63, 3.8) is 0 Å². The lowest BCUT2D eigenvalue weighted by molar-refractivity contribution is 0.237. The minimum absolute atomic E-state index is 0.192. The number of rotatable bonds is 3. The molecular weight excluding hydrogens is 238 g/mol. The van der Waals surface area contributed by atoms with Gasteiger partial charge in [-0.1, -0.05) is 32.9 Å². The summed E-state index contributed by atoms with van der Waals surface area (Å²) >= 11 is 0. The summed E-state index contributed by atoms with van der Waals surface area (Å²) in [7, 11) is 0. The molecule has 104 valence electrons. The normalized spacial score (nSPS) is 19.6. The first kappa shape index (κ1) is 13.7. The topological polar surface area (TPSA) is 61.8 Å². The van der Waals surface area contributed by atoms with Gasteiger partial charge < -0.3 is 15.7 Å². The smallest absolute Gasteiger partial charge is 0.191 e. The Balaban J connectivity index is 2.05. The number of nitrogens with two attached hydrogens (primary N) is 1. The Bertz CT molecular complexity index is 459. The van der Waals surface area contributed by atoms with E-state index in [1.165, 1.54) is 5.56 Å². The quantitative estimate of drug-likeness (QED) is 0.874. The van der Waals surface area contributed by atoms with Crippen molar-refractivity contribution in [1.82, 2.24) is 4.90 Å². The lowest BCUT2D eigenvalue weighted by atomic mass is 9.94. The molecule has 0 spiro atoms. The van der Waals surface area contributed by atoms with Gasteiger partial charge in [0.15, 0.2) is 5.96 Å². The predicted molar refractivity (Wildman–Crippen MR) is 78.2 cm³/mol. The van der Waals surface area contributed by atoms with E-state index in [2.05, 4.69) is 30.7 Å². The predicted octanol–water partition coefficient (Wildman–Crippen LogP) is 1.98. The zero-order chi connectivity index (χ0) is 14.0. The Labute approximate surface area is 114 Å². The van der Waals surface area contributed by atoms with Crippen molar-refractivity contribution < 1.29 is 5.11 Å². The molecule has 4 heteroatoms. The van der Waals surface area contributed by atoms with Crippen molar-refractivity contribution in [3.05, 3.63) is 29.8 Å². The SMILES string of the molecule is CC(C)(C)CN1C(N)=NC[C@@H]1Cc1ccc(O)cc1. The number of guanidine groups is 1. The third kappa shape index (κ3) is 3.63. The number of aromatic hydroxyl groups is 1. The van der Waals surface area contributed by atoms with E-state index in [1.54, 1.807) is 12.1 Å². The van der Waals surface area contributed by atoms with E-state index in [-0.39, 0.29) is 5.41 Å². The molecule has 1 heterocycles. The number of aliphatic imine (C=N–C) groups is 1. The molecule has 1 aromatic rings. The summed E-state index contributed by atoms with van der Waals surface area (Å²) < 4.78 is 0. The fourth-order valence-electron chi connectivity index (χ4n) is 2.38. The monoisotopic (exact) mass is 261 g/mol. The van der Waals surface area contributed by atoms with Gasteiger partial charge in [-0.05, 0) is 29.5 Å². The maximum absolute atomic E-state index is 9.31. The largest absolute Gasteiger partial charge is 0.508 e. The maximum atomic E-state index is 9.31. The molecule has 0 amide bonds. The zero-order valence-electron chi connectivity index (χ0n) is 11.9. The van der Waals surface area contributed by atoms with E-state index < -0.39 is 0 Å². The second kappa shape index (κ2) is 5.11. The summed E-state index contributed by atoms with van der Waals surface area (Å²) in [5, 5.41) is 9.31. The molecule has 0 unspecified atom stereocenters. The van der Waals surface area contributed by atoms with Gasteiger partial charge in [0.2, 0.25) is 0 Å². The molecule has 4 nitrogen and oxygen atoms in total. The molecular formula is C15H23N3O. The molecule has 0 bridgehead atoms. The van der Waals surface area contributed by atoms with E-state index in [4.69, 9.17) is 5.73 Å². The van der Waals surface area contributed by atoms with Crippen molar-refractivity contribution in [1.29, 1.82) is 0 Å². The highest BCUT2D eigenvalue weighted by Crippen LogP contribution is 2.22. The van der Waals surface area contributed by atoms with Gasteiger partial charge >= 0.3 is 0 Å². The molecule has 1 aliphatic rings. The first-order valence-corrected chi connectivity index (χ1v) is 6.70. The molecule has 19 heavy (non-hydrogen) atoms. The molecule has 2 rings (SSSR count). The van der Waals surface area contributed by atoms with Gasteiger partial charge in [-0.3, -0.25) is 4.99 Å². The van der Waals surface area contributed by atoms with E-state index in [1.807, 2.05) is 12.1 Å². The van der Waals surface area contributed by atoms with Crippen LogP contribution in [0.5, 0.6) is 5.75 Å². The molecule has 1 aromatic carbocycles. The number of phenols is 1. The fourth-order valence-corrected chi connectivity index (χ4v) is 2.38. The second-order valence-electron chi connectivity index (χ2n) is 6.41. The number of hydrogen-bond donors (Lipinski definition) is 2. The first-order valence-electron chi connectivity index (χ1n) is 6.70. The average molecular weight is 261 g/mol. The number of benzene rings is 1. The molecule has 0 aromatic heterocycles. The summed E-state index contributed by atoms with van der Waals surface area (Å²) in [6, 6.07) is 7.69. The van der Waals surface area contributed by atoms with Crippen molar-refractivity contribution in [2.24, 2.45) is 16.1 Å². The molecule has 3 N–H and O–H groups in total. The van der Waals surface area contributed by atoms with Crippen LogP contribution in [0.4, 0.5) is 0 Å². The average Bonchev–Trinajstić information content (AvgIpc) is 2.63. The Morgan fingerprint density at radius 1 is 1.32 bits per heavy atom. The lowest BCUT2D eigenvalue weighted by Crippen LogP contribution is -2.46. The third-order valence-corrected chi connectivity index (χ3v) is 3.25. The number of phenolic OH excluding ortho intramolecular Hbond substituents is 1. The number of hydrogen-bond acceptors (Lipinski definition) is 4. The molecule has 0 saturated carbocycles. The molecule has 1 aliphatic heterocycles. The van der Waals surface area contributed by atoms with Gasteiger partial charge in [0.25, 0.3) is 0 Å². The molecule has 1 atom stereocenters. The van der Waals surface area contributed by atoms with Crippen LogP contribution in [0.1, 0.15) is 26.3 Å². The van der Waals surface area contributed by atoms with Crippen LogP contribution >= 0.6 is 0 Å². The minimum atomic E-state index is 0.192. The van der Waals surface area contributed by atoms with Crippen LogP contribution in [0.3, 0.4) is 0 Å². The van der Waals surface area contributed by atoms with E-state index in [0.717, 1.165) is 19.5 Å². The van der Waals surface area contributed by atoms with E-state index in [9.17, 15) is 5.11 Å². The standard InChI is InChI=1S/C15H23N3O/c1-15(2,3)10-18-12(9-17-14(18)16)8-11-4-6-13(19)7-5-11/h4-7,12,19H,8-10H2,1-3H3,(H2,16,17)/t12-/m0/s1. The van der Waals surface area contributed by atoms with Gasteiger partial charge in [-0.25, -0.2) is 0 Å². The highest BCUT2D eigenvalue weighted by atomic mass is 16.3. The van der Waals surface area contributed by atoms with Crippen molar-refractivity contribution in [2.45, 2.75) is 33.2 Å². The van der Waals surface area contributed by atoms with Gasteiger partial charge in [-0.2, -0.15) is 0 Å². The van der Waals surface area contributed by atoms with Crippen LogP contribution in [-0.4, -0.2) is 35.1 Å². The maximum Gasteiger partial charge on any atom is 0.191 e. The molecule has 0 aliphatic carbocycles. The zero-order valence-corrected chi connectivity index (χ0v) is 11.9. The van der Waals surface area contributed by atoms with Gasteiger partial charge in [0, 0.05) is 6.54 Å². The van der Waals surface area contributed by atoms with Crippen LogP contribution in [0.15, 0.2) is 29.3 Å². The van der Waals surface area contributed by atoms with Crippen LogP contribution in [-0.2, 0) is 6.42 Å². The Hall–Kier alpha value is -1.71. The van der Waals surface area contributed by atoms with E-state index in [0.29, 0.717) is 17.8 Å². The lowest BCUT2D eigenvalue weighted by Gasteiger charge is -2.32. The van der Waals surface area contributed by atoms with Crippen LogP contribution < -0.4 is 5.73 Å². The Morgan fingerprint density at radius 3 is 2.53 bits per heavy atom. The van der Waals surface area contributed by atoms with E-state index >= 15 is 0 Å². The Kier molecular flexibility index (Phi) is 3.69. The number of nitrogens with zero attached hydrogens (tertiary/aromatic N) is 2. The van der Waals surface area contributed by atoms with Crippen LogP contribution in [0.2, 0.25) is 0 Å². The summed E-state index contributed by atoms with van der Waals surface area (Å²) in [6.07, 6.45) is 0.903. The highest BCUT2D eigenvalue weighted by molar-refractivity contribution is 5.80. The van der Waals surface area contributed by atoms with Gasteiger partial charge in [0.1, 0.15) is 5.75 Å². The summed E-state index contributed by atoms with van der Waals surface area (Å²) in [6.45, 7) is 8.27. The van der Waals surface area contributed by atoms with Crippen molar-refractivity contribution >= 4 is 5.96 Å². The van der Waals surface area contributed by atoms with Crippen molar-refractivity contribution in [3.8, 4) is 5.75 Å². The van der Waals surface area contributed by atoms with Crippen molar-refractivity contribution in [2.75, 3.05) is 13.1 Å². The summed E-state index contributed by atoms with van der Waals surface area (Å²) in [5.41, 5.74) is 7.38. The summed E-state index contributed by atoms with van der Waals surface area (Å²) in [5.74, 6) is 0.955. The van der Waals surface area contributed by atoms with Crippen LogP contribution in [0.25, 0.3) is 0 Å². The van der Waals surface area contributed by atoms with Gasteiger partial charge in [-0.15, -0.1) is 0 Å². The summed E-state index contributed by atoms with van der Waals surface area (Å²) in [4.78, 5) is 6.57. The first-order chi connectivity index (χ1) is 8.85. The fraction of sp³-hybridized carbons (Fsp3) is 0.533. The highest BCUT2D eigenvalue weighted by Gasteiger charge is 2.29. The minimum Gasteiger partial charge on any atom is -0.508 e. The third-order valence-electron chi connectivity index (χ3n) is 3.25. The molecule has 0 radical (unpaired) electrons. The molecule has 0 saturated heterocycles. The Morgan fingerprint density at radius 2 is 1.95 bits per heavy atom. The second-order valence-corrected chi connectivity index (χ2v) is 6.41. The van der Waals surface area contributed by atoms with Gasteiger partial charge in [0.05, 0.1) is 12.6 Å². The molecule has 0 fully saturated rings.